The third kappa shape index (κ3) is 2.75. The van der Waals surface area contributed by atoms with Crippen LogP contribution in [0.15, 0.2) is 0 Å². The predicted molar refractivity (Wildman–Crippen MR) is 65.3 cm³/mol. The molecule has 1 saturated carbocycles. The first-order chi connectivity index (χ1) is 7.52. The van der Waals surface area contributed by atoms with Gasteiger partial charge in [-0.25, -0.2) is 4.39 Å². The van der Waals surface area contributed by atoms with Crippen molar-refractivity contribution in [3.8, 4) is 0 Å². The number of hydrogen-bond acceptors (Lipinski definition) is 2. The van der Waals surface area contributed by atoms with E-state index in [2.05, 4.69) is 31.0 Å². The summed E-state index contributed by atoms with van der Waals surface area (Å²) < 4.78 is 12.6. The quantitative estimate of drug-likeness (QED) is 0.795. The molecule has 1 heterocycles. The Labute approximate surface area is 98.6 Å². The smallest absolute Gasteiger partial charge is 0.102 e. The summed E-state index contributed by atoms with van der Waals surface area (Å²) in [7, 11) is 0. The summed E-state index contributed by atoms with van der Waals surface area (Å²) in [5, 5.41) is 3.66. The maximum atomic E-state index is 12.6. The third-order valence-electron chi connectivity index (χ3n) is 4.01. The molecule has 1 aliphatic carbocycles. The molecule has 0 aromatic carbocycles. The normalized spacial score (nSPS) is 33.0. The molecule has 1 N–H and O–H groups in total. The van der Waals surface area contributed by atoms with Crippen molar-refractivity contribution in [2.45, 2.75) is 45.7 Å². The summed E-state index contributed by atoms with van der Waals surface area (Å²) in [5.74, 6) is 0.864. The molecular weight excluding hydrogens is 203 g/mol. The van der Waals surface area contributed by atoms with Crippen LogP contribution >= 0.6 is 0 Å². The molecule has 0 bridgehead atoms. The second-order valence-corrected chi connectivity index (χ2v) is 6.42. The maximum Gasteiger partial charge on any atom is 0.102 e. The highest BCUT2D eigenvalue weighted by Gasteiger charge is 2.40. The predicted octanol–water partition coefficient (Wildman–Crippen LogP) is 2.05. The zero-order valence-electron chi connectivity index (χ0n) is 10.8. The summed E-state index contributed by atoms with van der Waals surface area (Å²) in [4.78, 5) is 2.36. The van der Waals surface area contributed by atoms with E-state index < -0.39 is 0 Å². The summed E-state index contributed by atoms with van der Waals surface area (Å²) >= 11 is 0. The molecule has 2 aliphatic rings. The largest absolute Gasteiger partial charge is 0.311 e. The van der Waals surface area contributed by atoms with E-state index >= 15 is 0 Å². The zero-order chi connectivity index (χ0) is 11.8. The average Bonchev–Trinajstić information content (AvgIpc) is 2.99. The Kier molecular flexibility index (Phi) is 3.55. The molecule has 2 rings (SSSR count). The first-order valence-corrected chi connectivity index (χ1v) is 6.56. The second kappa shape index (κ2) is 4.61. The molecule has 1 saturated heterocycles. The minimum Gasteiger partial charge on any atom is -0.311 e. The molecule has 2 unspecified atom stereocenters. The lowest BCUT2D eigenvalue weighted by molar-refractivity contribution is 0.0468. The molecule has 0 amide bonds. The fourth-order valence-corrected chi connectivity index (χ4v) is 2.86. The molecule has 2 atom stereocenters. The van der Waals surface area contributed by atoms with Gasteiger partial charge in [0, 0.05) is 31.7 Å². The Balaban J connectivity index is 1.98. The van der Waals surface area contributed by atoms with Gasteiger partial charge >= 0.3 is 0 Å². The molecular formula is C13H25FN2. The second-order valence-electron chi connectivity index (χ2n) is 6.42. The molecule has 16 heavy (non-hydrogen) atoms. The van der Waals surface area contributed by atoms with Gasteiger partial charge in [0.2, 0.25) is 0 Å². The van der Waals surface area contributed by atoms with Crippen molar-refractivity contribution in [1.29, 1.82) is 0 Å². The molecule has 2 nitrogen and oxygen atoms in total. The van der Waals surface area contributed by atoms with Gasteiger partial charge in [-0.1, -0.05) is 20.8 Å². The highest BCUT2D eigenvalue weighted by atomic mass is 19.1. The van der Waals surface area contributed by atoms with Crippen molar-refractivity contribution < 1.29 is 4.39 Å². The lowest BCUT2D eigenvalue weighted by Gasteiger charge is -2.46. The zero-order valence-corrected chi connectivity index (χ0v) is 10.8. The van der Waals surface area contributed by atoms with E-state index in [1.807, 2.05) is 0 Å². The first-order valence-electron chi connectivity index (χ1n) is 6.56. The summed E-state index contributed by atoms with van der Waals surface area (Å²) in [6.45, 7) is 9.20. The molecule has 3 heteroatoms. The van der Waals surface area contributed by atoms with E-state index in [4.69, 9.17) is 0 Å². The van der Waals surface area contributed by atoms with Crippen LogP contribution in [0.25, 0.3) is 0 Å². The third-order valence-corrected chi connectivity index (χ3v) is 4.01. The first kappa shape index (κ1) is 12.3. The van der Waals surface area contributed by atoms with E-state index in [0.717, 1.165) is 19.0 Å². The number of nitrogens with zero attached hydrogens (tertiary/aromatic N) is 1. The van der Waals surface area contributed by atoms with Crippen molar-refractivity contribution in [1.82, 2.24) is 10.2 Å². The highest BCUT2D eigenvalue weighted by Crippen LogP contribution is 2.36. The standard InChI is InChI=1S/C13H25FN2/c1-13(2,3)12-8-15-11(10-4-5-10)9-16(12)7-6-14/h10-12,15H,4-9H2,1-3H3. The van der Waals surface area contributed by atoms with Gasteiger partial charge in [-0.3, -0.25) is 4.90 Å². The molecule has 0 spiro atoms. The fraction of sp³-hybridized carbons (Fsp3) is 1.00. The van der Waals surface area contributed by atoms with Crippen LogP contribution in [0.2, 0.25) is 0 Å². The fourth-order valence-electron chi connectivity index (χ4n) is 2.86. The Morgan fingerprint density at radius 1 is 1.31 bits per heavy atom. The van der Waals surface area contributed by atoms with Crippen LogP contribution in [-0.2, 0) is 0 Å². The van der Waals surface area contributed by atoms with Crippen LogP contribution in [0.3, 0.4) is 0 Å². The maximum absolute atomic E-state index is 12.6. The van der Waals surface area contributed by atoms with E-state index in [1.54, 1.807) is 0 Å². The van der Waals surface area contributed by atoms with Crippen molar-refractivity contribution in [3.05, 3.63) is 0 Å². The molecule has 0 radical (unpaired) electrons. The van der Waals surface area contributed by atoms with Gasteiger partial charge in [-0.05, 0) is 24.2 Å². The molecule has 2 fully saturated rings. The number of hydrogen-bond donors (Lipinski definition) is 1. The average molecular weight is 228 g/mol. The van der Waals surface area contributed by atoms with Crippen LogP contribution in [0, 0.1) is 11.3 Å². The Morgan fingerprint density at radius 3 is 2.50 bits per heavy atom. The molecule has 94 valence electrons. The van der Waals surface area contributed by atoms with E-state index in [0.29, 0.717) is 18.6 Å². The number of alkyl halides is 1. The Hall–Kier alpha value is -0.150. The molecule has 0 aromatic heterocycles. The van der Waals surface area contributed by atoms with Gasteiger partial charge < -0.3 is 5.32 Å². The lowest BCUT2D eigenvalue weighted by atomic mass is 9.83. The molecule has 1 aliphatic heterocycles. The van der Waals surface area contributed by atoms with Gasteiger partial charge in [-0.15, -0.1) is 0 Å². The van der Waals surface area contributed by atoms with Crippen LogP contribution < -0.4 is 5.32 Å². The summed E-state index contributed by atoms with van der Waals surface area (Å²) in [5.41, 5.74) is 0.233. The highest BCUT2D eigenvalue weighted by molar-refractivity contribution is 4.97. The summed E-state index contributed by atoms with van der Waals surface area (Å²) in [6.07, 6.45) is 2.72. The van der Waals surface area contributed by atoms with Crippen LogP contribution in [0.5, 0.6) is 0 Å². The van der Waals surface area contributed by atoms with Crippen LogP contribution in [-0.4, -0.2) is 43.3 Å². The van der Waals surface area contributed by atoms with Gasteiger partial charge in [-0.2, -0.15) is 0 Å². The van der Waals surface area contributed by atoms with Crippen LogP contribution in [0.4, 0.5) is 4.39 Å². The Morgan fingerprint density at radius 2 is 2.00 bits per heavy atom. The van der Waals surface area contributed by atoms with Gasteiger partial charge in [0.05, 0.1) is 0 Å². The van der Waals surface area contributed by atoms with Gasteiger partial charge in [0.25, 0.3) is 0 Å². The lowest BCUT2D eigenvalue weighted by Crippen LogP contribution is -2.61. The van der Waals surface area contributed by atoms with Crippen molar-refractivity contribution in [3.63, 3.8) is 0 Å². The number of piperazine rings is 1. The van der Waals surface area contributed by atoms with Crippen LogP contribution in [0.1, 0.15) is 33.6 Å². The Bertz CT molecular complexity index is 233. The van der Waals surface area contributed by atoms with Crippen molar-refractivity contribution in [2.75, 3.05) is 26.3 Å². The van der Waals surface area contributed by atoms with Gasteiger partial charge in [0.1, 0.15) is 6.67 Å². The summed E-state index contributed by atoms with van der Waals surface area (Å²) in [6, 6.07) is 1.09. The topological polar surface area (TPSA) is 15.3 Å². The van der Waals surface area contributed by atoms with E-state index in [-0.39, 0.29) is 12.1 Å². The van der Waals surface area contributed by atoms with E-state index in [1.165, 1.54) is 12.8 Å². The minimum atomic E-state index is -0.218. The minimum absolute atomic E-state index is 0.218. The van der Waals surface area contributed by atoms with Gasteiger partial charge in [0.15, 0.2) is 0 Å². The number of halogens is 1. The number of nitrogens with one attached hydrogen (secondary N) is 1. The van der Waals surface area contributed by atoms with E-state index in [9.17, 15) is 4.39 Å². The molecule has 0 aromatic rings. The van der Waals surface area contributed by atoms with Crippen molar-refractivity contribution in [2.24, 2.45) is 11.3 Å². The van der Waals surface area contributed by atoms with Crippen molar-refractivity contribution >= 4 is 0 Å². The number of rotatable bonds is 3. The monoisotopic (exact) mass is 228 g/mol. The SMILES string of the molecule is CC(C)(C)C1CNC(C2CC2)CN1CCF.